The molecule has 25 heavy (non-hydrogen) atoms. The number of amides is 1. The molecule has 3 heterocycles. The molecule has 2 fully saturated rings. The number of carbonyl (C=O) groups excluding carboxylic acids is 1. The van der Waals surface area contributed by atoms with Gasteiger partial charge < -0.3 is 14.5 Å². The number of aromatic nitrogens is 2. The van der Waals surface area contributed by atoms with Crippen molar-refractivity contribution < 1.29 is 9.53 Å². The van der Waals surface area contributed by atoms with Crippen LogP contribution in [0.1, 0.15) is 44.0 Å². The van der Waals surface area contributed by atoms with Crippen molar-refractivity contribution in [1.29, 1.82) is 0 Å². The minimum absolute atomic E-state index is 0.233. The number of nitrogens with zero attached hydrogens (tertiary/aromatic N) is 4. The summed E-state index contributed by atoms with van der Waals surface area (Å²) in [5, 5.41) is 0. The standard InChI is InChI=1S/C19H30N4O2/c1-3-25-10-9-22-8-4-6-19(14-22)7-5-18(24)23(15-19)13-17-12-20-16(2)11-21-17/h11-12H,3-10,13-15H2,1-2H3/t19-/m1/s1. The van der Waals surface area contributed by atoms with Crippen LogP contribution in [0.25, 0.3) is 0 Å². The molecule has 0 N–H and O–H groups in total. The minimum atomic E-state index is 0.233. The van der Waals surface area contributed by atoms with E-state index in [1.54, 1.807) is 12.4 Å². The smallest absolute Gasteiger partial charge is 0.222 e. The largest absolute Gasteiger partial charge is 0.380 e. The first-order valence-corrected chi connectivity index (χ1v) is 9.46. The summed E-state index contributed by atoms with van der Waals surface area (Å²) in [6.07, 6.45) is 7.64. The first-order valence-electron chi connectivity index (χ1n) is 9.46. The minimum Gasteiger partial charge on any atom is -0.380 e. The van der Waals surface area contributed by atoms with Gasteiger partial charge in [-0.2, -0.15) is 0 Å². The molecular formula is C19H30N4O2. The fourth-order valence-corrected chi connectivity index (χ4v) is 4.12. The van der Waals surface area contributed by atoms with Crippen molar-refractivity contribution in [2.45, 2.75) is 46.1 Å². The zero-order chi connectivity index (χ0) is 17.7. The van der Waals surface area contributed by atoms with Crippen molar-refractivity contribution in [1.82, 2.24) is 19.8 Å². The van der Waals surface area contributed by atoms with Gasteiger partial charge in [0, 0.05) is 44.3 Å². The van der Waals surface area contributed by atoms with Crippen LogP contribution in [0.2, 0.25) is 0 Å². The molecule has 6 nitrogen and oxygen atoms in total. The third-order valence-electron chi connectivity index (χ3n) is 5.43. The maximum Gasteiger partial charge on any atom is 0.222 e. The topological polar surface area (TPSA) is 58.6 Å². The van der Waals surface area contributed by atoms with Crippen LogP contribution in [0.15, 0.2) is 12.4 Å². The third-order valence-corrected chi connectivity index (χ3v) is 5.43. The van der Waals surface area contributed by atoms with Crippen LogP contribution < -0.4 is 0 Å². The Balaban J connectivity index is 1.62. The van der Waals surface area contributed by atoms with Crippen molar-refractivity contribution in [2.24, 2.45) is 5.41 Å². The first kappa shape index (κ1) is 18.3. The van der Waals surface area contributed by atoms with Gasteiger partial charge in [-0.15, -0.1) is 0 Å². The van der Waals surface area contributed by atoms with Crippen molar-refractivity contribution in [2.75, 3.05) is 39.4 Å². The van der Waals surface area contributed by atoms with E-state index in [-0.39, 0.29) is 11.3 Å². The molecule has 138 valence electrons. The highest BCUT2D eigenvalue weighted by Gasteiger charge is 2.41. The molecule has 0 bridgehead atoms. The Bertz CT molecular complexity index is 577. The Morgan fingerprint density at radius 1 is 1.24 bits per heavy atom. The summed E-state index contributed by atoms with van der Waals surface area (Å²) in [7, 11) is 0. The molecular weight excluding hydrogens is 316 g/mol. The van der Waals surface area contributed by atoms with Gasteiger partial charge in [0.1, 0.15) is 0 Å². The summed E-state index contributed by atoms with van der Waals surface area (Å²) in [4.78, 5) is 25.7. The number of ether oxygens (including phenoxy) is 1. The maximum absolute atomic E-state index is 12.4. The van der Waals surface area contributed by atoms with E-state index in [1.165, 1.54) is 12.8 Å². The average molecular weight is 346 g/mol. The zero-order valence-electron chi connectivity index (χ0n) is 15.5. The molecule has 0 aliphatic carbocycles. The van der Waals surface area contributed by atoms with Gasteiger partial charge in [-0.3, -0.25) is 14.8 Å². The van der Waals surface area contributed by atoms with Crippen molar-refractivity contribution in [3.8, 4) is 0 Å². The van der Waals surface area contributed by atoms with E-state index >= 15 is 0 Å². The summed E-state index contributed by atoms with van der Waals surface area (Å²) in [5.74, 6) is 0.249. The Morgan fingerprint density at radius 3 is 2.88 bits per heavy atom. The molecule has 1 amide bonds. The molecule has 1 aromatic heterocycles. The predicted octanol–water partition coefficient (Wildman–Crippen LogP) is 2.03. The molecule has 0 aromatic carbocycles. The van der Waals surface area contributed by atoms with Crippen LogP contribution in [0.5, 0.6) is 0 Å². The summed E-state index contributed by atoms with van der Waals surface area (Å²) < 4.78 is 5.52. The Hall–Kier alpha value is -1.53. The van der Waals surface area contributed by atoms with Gasteiger partial charge >= 0.3 is 0 Å². The molecule has 1 aromatic rings. The fraction of sp³-hybridized carbons (Fsp3) is 0.737. The second-order valence-corrected chi connectivity index (χ2v) is 7.48. The third kappa shape index (κ3) is 4.76. The van der Waals surface area contributed by atoms with Crippen LogP contribution >= 0.6 is 0 Å². The van der Waals surface area contributed by atoms with Crippen molar-refractivity contribution >= 4 is 5.91 Å². The van der Waals surface area contributed by atoms with Gasteiger partial charge in [-0.25, -0.2) is 0 Å². The molecule has 6 heteroatoms. The molecule has 1 atom stereocenters. The highest BCUT2D eigenvalue weighted by atomic mass is 16.5. The monoisotopic (exact) mass is 346 g/mol. The van der Waals surface area contributed by atoms with Gasteiger partial charge in [-0.1, -0.05) is 0 Å². The maximum atomic E-state index is 12.4. The van der Waals surface area contributed by atoms with Gasteiger partial charge in [0.2, 0.25) is 5.91 Å². The second kappa shape index (κ2) is 8.23. The van der Waals surface area contributed by atoms with Gasteiger partial charge in [0.25, 0.3) is 0 Å². The van der Waals surface area contributed by atoms with Crippen LogP contribution in [0.3, 0.4) is 0 Å². The fourth-order valence-electron chi connectivity index (χ4n) is 4.12. The Kier molecular flexibility index (Phi) is 6.02. The summed E-state index contributed by atoms with van der Waals surface area (Å²) >= 11 is 0. The van der Waals surface area contributed by atoms with E-state index < -0.39 is 0 Å². The van der Waals surface area contributed by atoms with Gasteiger partial charge in [-0.05, 0) is 39.7 Å². The molecule has 0 radical (unpaired) electrons. The normalized spacial score (nSPS) is 24.9. The Morgan fingerprint density at radius 2 is 2.12 bits per heavy atom. The lowest BCUT2D eigenvalue weighted by atomic mass is 9.73. The van der Waals surface area contributed by atoms with E-state index in [0.29, 0.717) is 13.0 Å². The van der Waals surface area contributed by atoms with E-state index in [4.69, 9.17) is 4.74 Å². The molecule has 0 unspecified atom stereocenters. The molecule has 2 saturated heterocycles. The molecule has 2 aliphatic rings. The summed E-state index contributed by atoms with van der Waals surface area (Å²) in [6.45, 7) is 10.2. The molecule has 2 aliphatic heterocycles. The molecule has 1 spiro atoms. The van der Waals surface area contributed by atoms with Gasteiger partial charge in [0.15, 0.2) is 0 Å². The lowest BCUT2D eigenvalue weighted by Crippen LogP contribution is -2.54. The average Bonchev–Trinajstić information content (AvgIpc) is 2.61. The van der Waals surface area contributed by atoms with Crippen molar-refractivity contribution in [3.63, 3.8) is 0 Å². The van der Waals surface area contributed by atoms with E-state index in [2.05, 4.69) is 14.9 Å². The number of hydrogen-bond donors (Lipinski definition) is 0. The van der Waals surface area contributed by atoms with Gasteiger partial charge in [0.05, 0.1) is 30.7 Å². The van der Waals surface area contributed by atoms with E-state index in [1.807, 2.05) is 18.7 Å². The van der Waals surface area contributed by atoms with Crippen LogP contribution in [-0.4, -0.2) is 65.1 Å². The summed E-state index contributed by atoms with van der Waals surface area (Å²) in [6, 6.07) is 0. The quantitative estimate of drug-likeness (QED) is 0.738. The predicted molar refractivity (Wildman–Crippen MR) is 96.0 cm³/mol. The lowest BCUT2D eigenvalue weighted by molar-refractivity contribution is -0.140. The lowest BCUT2D eigenvalue weighted by Gasteiger charge is -2.48. The van der Waals surface area contributed by atoms with E-state index in [0.717, 1.165) is 57.2 Å². The Labute approximate surface area is 150 Å². The van der Waals surface area contributed by atoms with E-state index in [9.17, 15) is 4.79 Å². The highest BCUT2D eigenvalue weighted by molar-refractivity contribution is 5.77. The number of hydrogen-bond acceptors (Lipinski definition) is 5. The number of piperidine rings is 2. The van der Waals surface area contributed by atoms with Crippen LogP contribution in [0, 0.1) is 12.3 Å². The highest BCUT2D eigenvalue weighted by Crippen LogP contribution is 2.39. The molecule has 3 rings (SSSR count). The number of rotatable bonds is 6. The van der Waals surface area contributed by atoms with Crippen LogP contribution in [-0.2, 0) is 16.1 Å². The number of aryl methyl sites for hydroxylation is 1. The molecule has 0 saturated carbocycles. The number of likely N-dealkylation sites (tertiary alicyclic amines) is 2. The van der Waals surface area contributed by atoms with Crippen molar-refractivity contribution in [3.05, 3.63) is 23.8 Å². The zero-order valence-corrected chi connectivity index (χ0v) is 15.5. The van der Waals surface area contributed by atoms with Crippen LogP contribution in [0.4, 0.5) is 0 Å². The second-order valence-electron chi connectivity index (χ2n) is 7.48. The number of carbonyl (C=O) groups is 1. The SMILES string of the molecule is CCOCCN1CCC[C@@]2(CCC(=O)N(Cc3cnc(C)cn3)C2)C1. The first-order chi connectivity index (χ1) is 12.1. The summed E-state index contributed by atoms with van der Waals surface area (Å²) in [5.41, 5.74) is 2.01.